The van der Waals surface area contributed by atoms with Gasteiger partial charge in [-0.3, -0.25) is 0 Å². The van der Waals surface area contributed by atoms with Crippen molar-refractivity contribution < 1.29 is 9.90 Å². The van der Waals surface area contributed by atoms with Crippen LogP contribution in [0.1, 0.15) is 37.8 Å². The number of amides is 2. The molecule has 5 heteroatoms. The van der Waals surface area contributed by atoms with Gasteiger partial charge in [0.05, 0.1) is 6.10 Å². The lowest BCUT2D eigenvalue weighted by Crippen LogP contribution is -2.47. The molecule has 2 heterocycles. The molecule has 2 unspecified atom stereocenters. The summed E-state index contributed by atoms with van der Waals surface area (Å²) in [4.78, 5) is 17.6. The van der Waals surface area contributed by atoms with Crippen molar-refractivity contribution in [3.05, 3.63) is 35.5 Å². The van der Waals surface area contributed by atoms with Crippen molar-refractivity contribution in [2.45, 2.75) is 45.6 Å². The molecule has 0 radical (unpaired) electrons. The molecule has 1 fully saturated rings. The maximum atomic E-state index is 12.4. The largest absolute Gasteiger partial charge is 0.393 e. The number of piperidine rings is 1. The van der Waals surface area contributed by atoms with Crippen LogP contribution in [0.5, 0.6) is 0 Å². The normalized spacial score (nSPS) is 19.2. The number of H-pyrrole nitrogens is 1. The van der Waals surface area contributed by atoms with Crippen LogP contribution in [-0.2, 0) is 12.8 Å². The van der Waals surface area contributed by atoms with Crippen LogP contribution in [0.4, 0.5) is 4.79 Å². The molecule has 5 nitrogen and oxygen atoms in total. The van der Waals surface area contributed by atoms with E-state index in [0.29, 0.717) is 13.1 Å². The van der Waals surface area contributed by atoms with Gasteiger partial charge in [0.1, 0.15) is 0 Å². The lowest BCUT2D eigenvalue weighted by molar-refractivity contribution is 0.0740. The number of fused-ring (bicyclic) bond motifs is 1. The predicted molar refractivity (Wildman–Crippen MR) is 101 cm³/mol. The Morgan fingerprint density at radius 3 is 3.04 bits per heavy atom. The zero-order valence-electron chi connectivity index (χ0n) is 15.2. The highest BCUT2D eigenvalue weighted by molar-refractivity contribution is 5.86. The van der Waals surface area contributed by atoms with Crippen molar-refractivity contribution in [2.75, 3.05) is 19.6 Å². The SMILES string of the molecule is CCc1cccc2c(CCNC(=O)N3CCCC(C(C)O)C3)c[nH]c12. The number of aromatic amines is 1. The molecule has 25 heavy (non-hydrogen) atoms. The van der Waals surface area contributed by atoms with Crippen LogP contribution < -0.4 is 5.32 Å². The molecule has 136 valence electrons. The molecule has 1 aliphatic rings. The Morgan fingerprint density at radius 1 is 1.44 bits per heavy atom. The highest BCUT2D eigenvalue weighted by Gasteiger charge is 2.26. The second-order valence-corrected chi connectivity index (χ2v) is 7.08. The van der Waals surface area contributed by atoms with Crippen LogP contribution >= 0.6 is 0 Å². The predicted octanol–water partition coefficient (Wildman–Crippen LogP) is 3.08. The second-order valence-electron chi connectivity index (χ2n) is 7.08. The lowest BCUT2D eigenvalue weighted by atomic mass is 9.94. The van der Waals surface area contributed by atoms with Crippen LogP contribution in [0.3, 0.4) is 0 Å². The van der Waals surface area contributed by atoms with E-state index in [1.807, 2.05) is 11.8 Å². The molecule has 2 aromatic rings. The number of likely N-dealkylation sites (tertiary alicyclic amines) is 1. The molecule has 1 aliphatic heterocycles. The Bertz CT molecular complexity index is 723. The van der Waals surface area contributed by atoms with E-state index < -0.39 is 0 Å². The van der Waals surface area contributed by atoms with Gasteiger partial charge < -0.3 is 20.3 Å². The van der Waals surface area contributed by atoms with E-state index in [1.54, 1.807) is 0 Å². The Labute approximate surface area is 149 Å². The fraction of sp³-hybridized carbons (Fsp3) is 0.550. The fourth-order valence-electron chi connectivity index (χ4n) is 3.78. The van der Waals surface area contributed by atoms with E-state index in [0.717, 1.165) is 32.2 Å². The Kier molecular flexibility index (Phi) is 5.63. The fourth-order valence-corrected chi connectivity index (χ4v) is 3.78. The molecule has 2 amide bonds. The molecular weight excluding hydrogens is 314 g/mol. The van der Waals surface area contributed by atoms with Gasteiger partial charge in [-0.1, -0.05) is 25.1 Å². The number of aryl methyl sites for hydroxylation is 1. The standard InChI is InChI=1S/C20H29N3O2/c1-3-15-6-4-8-18-16(12-22-19(15)18)9-10-21-20(25)23-11-5-7-17(13-23)14(2)24/h4,6,8,12,14,17,22,24H,3,5,7,9-11,13H2,1-2H3,(H,21,25). The van der Waals surface area contributed by atoms with Crippen LogP contribution in [0.2, 0.25) is 0 Å². The third kappa shape index (κ3) is 3.98. The van der Waals surface area contributed by atoms with Gasteiger partial charge in [-0.25, -0.2) is 4.79 Å². The number of carbonyl (C=O) groups is 1. The zero-order valence-corrected chi connectivity index (χ0v) is 15.2. The molecule has 3 N–H and O–H groups in total. The minimum Gasteiger partial charge on any atom is -0.393 e. The van der Waals surface area contributed by atoms with E-state index in [-0.39, 0.29) is 18.1 Å². The minimum absolute atomic E-state index is 0.0144. The van der Waals surface area contributed by atoms with Gasteiger partial charge in [0.15, 0.2) is 0 Å². The summed E-state index contributed by atoms with van der Waals surface area (Å²) in [6.45, 7) is 6.03. The molecule has 0 aliphatic carbocycles. The summed E-state index contributed by atoms with van der Waals surface area (Å²) in [5.74, 6) is 0.195. The number of aliphatic hydroxyl groups excluding tert-OH is 1. The number of hydrogen-bond acceptors (Lipinski definition) is 2. The van der Waals surface area contributed by atoms with Gasteiger partial charge in [0.2, 0.25) is 0 Å². The number of nitrogens with one attached hydrogen (secondary N) is 2. The van der Waals surface area contributed by atoms with Crippen LogP contribution in [0, 0.1) is 5.92 Å². The van der Waals surface area contributed by atoms with Crippen molar-refractivity contribution in [3.63, 3.8) is 0 Å². The van der Waals surface area contributed by atoms with Gasteiger partial charge in [0, 0.05) is 42.7 Å². The average molecular weight is 343 g/mol. The van der Waals surface area contributed by atoms with Crippen molar-refractivity contribution in [1.82, 2.24) is 15.2 Å². The summed E-state index contributed by atoms with van der Waals surface area (Å²) < 4.78 is 0. The molecule has 0 spiro atoms. The molecule has 1 saturated heterocycles. The third-order valence-corrected chi connectivity index (χ3v) is 5.37. The van der Waals surface area contributed by atoms with E-state index in [9.17, 15) is 9.90 Å². The van der Waals surface area contributed by atoms with Crippen molar-refractivity contribution in [3.8, 4) is 0 Å². The average Bonchev–Trinajstić information content (AvgIpc) is 3.05. The molecule has 3 rings (SSSR count). The highest BCUT2D eigenvalue weighted by atomic mass is 16.3. The lowest BCUT2D eigenvalue weighted by Gasteiger charge is -2.34. The van der Waals surface area contributed by atoms with Crippen LogP contribution in [0.25, 0.3) is 10.9 Å². The van der Waals surface area contributed by atoms with E-state index in [2.05, 4.69) is 41.6 Å². The highest BCUT2D eigenvalue weighted by Crippen LogP contribution is 2.23. The molecule has 1 aromatic carbocycles. The quantitative estimate of drug-likeness (QED) is 0.781. The molecule has 1 aromatic heterocycles. The summed E-state index contributed by atoms with van der Waals surface area (Å²) in [7, 11) is 0. The number of aromatic nitrogens is 1. The number of nitrogens with zero attached hydrogens (tertiary/aromatic N) is 1. The zero-order chi connectivity index (χ0) is 17.8. The van der Waals surface area contributed by atoms with Crippen LogP contribution in [0.15, 0.2) is 24.4 Å². The Hall–Kier alpha value is -2.01. The summed E-state index contributed by atoms with van der Waals surface area (Å²) in [5, 5.41) is 14.0. The maximum Gasteiger partial charge on any atom is 0.317 e. The van der Waals surface area contributed by atoms with Crippen molar-refractivity contribution >= 4 is 16.9 Å². The summed E-state index contributed by atoms with van der Waals surface area (Å²) in [5.41, 5.74) is 3.78. The number of carbonyl (C=O) groups excluding carboxylic acids is 1. The van der Waals surface area contributed by atoms with Gasteiger partial charge in [-0.15, -0.1) is 0 Å². The number of rotatable bonds is 5. The van der Waals surface area contributed by atoms with Gasteiger partial charge in [-0.05, 0) is 43.7 Å². The first-order valence-electron chi connectivity index (χ1n) is 9.38. The number of urea groups is 1. The Morgan fingerprint density at radius 2 is 2.28 bits per heavy atom. The summed E-state index contributed by atoms with van der Waals surface area (Å²) in [6.07, 6.45) is 5.48. The topological polar surface area (TPSA) is 68.4 Å². The van der Waals surface area contributed by atoms with E-state index in [1.165, 1.54) is 22.0 Å². The molecule has 0 bridgehead atoms. The third-order valence-electron chi connectivity index (χ3n) is 5.37. The smallest absolute Gasteiger partial charge is 0.317 e. The van der Waals surface area contributed by atoms with E-state index >= 15 is 0 Å². The maximum absolute atomic E-state index is 12.4. The first-order chi connectivity index (χ1) is 12.1. The number of benzene rings is 1. The monoisotopic (exact) mass is 343 g/mol. The minimum atomic E-state index is -0.352. The van der Waals surface area contributed by atoms with Gasteiger partial charge in [0.25, 0.3) is 0 Å². The Balaban J connectivity index is 1.55. The summed E-state index contributed by atoms with van der Waals surface area (Å²) >= 11 is 0. The van der Waals surface area contributed by atoms with Crippen LogP contribution in [-0.4, -0.2) is 46.8 Å². The van der Waals surface area contributed by atoms with Crippen molar-refractivity contribution in [1.29, 1.82) is 0 Å². The summed E-state index contributed by atoms with van der Waals surface area (Å²) in [6, 6.07) is 6.37. The van der Waals surface area contributed by atoms with E-state index in [4.69, 9.17) is 0 Å². The van der Waals surface area contributed by atoms with Crippen molar-refractivity contribution in [2.24, 2.45) is 5.92 Å². The number of hydrogen-bond donors (Lipinski definition) is 3. The van der Waals surface area contributed by atoms with Gasteiger partial charge in [-0.2, -0.15) is 0 Å². The first-order valence-corrected chi connectivity index (χ1v) is 9.38. The number of aliphatic hydroxyl groups is 1. The van der Waals surface area contributed by atoms with Gasteiger partial charge >= 0.3 is 6.03 Å². The molecule has 2 atom stereocenters. The molecular formula is C20H29N3O2. The molecule has 0 saturated carbocycles. The number of para-hydroxylation sites is 1. The first kappa shape index (κ1) is 17.8. The second kappa shape index (κ2) is 7.91.